The summed E-state index contributed by atoms with van der Waals surface area (Å²) in [7, 11) is 0. The van der Waals surface area contributed by atoms with E-state index in [1.807, 2.05) is 6.92 Å². The fraction of sp³-hybridized carbons (Fsp3) is 0.667. The topological polar surface area (TPSA) is 62.7 Å². The Hall–Kier alpha value is -0.790. The molecule has 106 valence electrons. The molecule has 0 heterocycles. The smallest absolute Gasteiger partial charge is 0.305 e. The van der Waals surface area contributed by atoms with E-state index in [1.54, 1.807) is 13.0 Å². The van der Waals surface area contributed by atoms with Gasteiger partial charge >= 0.3 is 5.97 Å². The average molecular weight is 369 g/mol. The maximum absolute atomic E-state index is 11.1. The summed E-state index contributed by atoms with van der Waals surface area (Å²) in [5.41, 5.74) is 0. The number of esters is 1. The highest BCUT2D eigenvalue weighted by atomic mass is 127. The summed E-state index contributed by atoms with van der Waals surface area (Å²) in [6, 6.07) is 0. The standard InChI is InChI=1S/C12H23N3O2.HI/c1-4-9-14-12(13-5-2)15-10-7-8-11(16)17-6-3;/h4H,1,5-10H2,2-3H3,(H2,13,14,15);1H. The Morgan fingerprint density at radius 1 is 1.39 bits per heavy atom. The van der Waals surface area contributed by atoms with Crippen LogP contribution in [0.5, 0.6) is 0 Å². The first-order valence-corrected chi connectivity index (χ1v) is 6.03. The maximum atomic E-state index is 11.1. The SMILES string of the molecule is C=CCNC(=NCCCC(=O)OCC)NCC.I. The lowest BCUT2D eigenvalue weighted by Gasteiger charge is -2.09. The number of nitrogens with zero attached hydrogens (tertiary/aromatic N) is 1. The Kier molecular flexibility index (Phi) is 15.5. The van der Waals surface area contributed by atoms with Crippen LogP contribution in [0.15, 0.2) is 17.6 Å². The van der Waals surface area contributed by atoms with Gasteiger partial charge in [0.25, 0.3) is 0 Å². The molecule has 0 aliphatic carbocycles. The number of carbonyl (C=O) groups is 1. The number of guanidine groups is 1. The van der Waals surface area contributed by atoms with E-state index in [-0.39, 0.29) is 29.9 Å². The summed E-state index contributed by atoms with van der Waals surface area (Å²) in [6.45, 7) is 9.95. The number of rotatable bonds is 8. The molecule has 5 nitrogen and oxygen atoms in total. The Balaban J connectivity index is 0. The predicted molar refractivity (Wildman–Crippen MR) is 85.5 cm³/mol. The van der Waals surface area contributed by atoms with Gasteiger partial charge in [0.1, 0.15) is 0 Å². The summed E-state index contributed by atoms with van der Waals surface area (Å²) in [5, 5.41) is 6.19. The molecule has 0 saturated heterocycles. The monoisotopic (exact) mass is 369 g/mol. The zero-order chi connectivity index (χ0) is 12.9. The zero-order valence-electron chi connectivity index (χ0n) is 11.2. The fourth-order valence-corrected chi connectivity index (χ4v) is 1.16. The van der Waals surface area contributed by atoms with Crippen LogP contribution >= 0.6 is 24.0 Å². The lowest BCUT2D eigenvalue weighted by molar-refractivity contribution is -0.143. The first-order chi connectivity index (χ1) is 8.24. The second-order valence-corrected chi connectivity index (χ2v) is 3.34. The van der Waals surface area contributed by atoms with Gasteiger partial charge in [-0.2, -0.15) is 0 Å². The molecule has 0 aromatic carbocycles. The van der Waals surface area contributed by atoms with Crippen molar-refractivity contribution in [3.8, 4) is 0 Å². The minimum atomic E-state index is -0.160. The van der Waals surface area contributed by atoms with Crippen molar-refractivity contribution in [1.29, 1.82) is 0 Å². The number of ether oxygens (including phenoxy) is 1. The molecule has 0 aromatic rings. The van der Waals surface area contributed by atoms with Crippen molar-refractivity contribution >= 4 is 35.9 Å². The third-order valence-electron chi connectivity index (χ3n) is 1.87. The number of aliphatic imine (C=N–C) groups is 1. The van der Waals surface area contributed by atoms with E-state index >= 15 is 0 Å². The third-order valence-corrected chi connectivity index (χ3v) is 1.87. The fourth-order valence-electron chi connectivity index (χ4n) is 1.16. The van der Waals surface area contributed by atoms with Gasteiger partial charge < -0.3 is 15.4 Å². The highest BCUT2D eigenvalue weighted by Gasteiger charge is 2.00. The van der Waals surface area contributed by atoms with Crippen LogP contribution in [-0.4, -0.2) is 38.2 Å². The van der Waals surface area contributed by atoms with Crippen molar-refractivity contribution in [1.82, 2.24) is 10.6 Å². The van der Waals surface area contributed by atoms with Crippen LogP contribution in [0.1, 0.15) is 26.7 Å². The molecule has 0 bridgehead atoms. The normalized spacial score (nSPS) is 10.2. The Bertz CT molecular complexity index is 258. The molecule has 0 rings (SSSR count). The predicted octanol–water partition coefficient (Wildman–Crippen LogP) is 1.69. The molecule has 0 spiro atoms. The van der Waals surface area contributed by atoms with Crippen molar-refractivity contribution in [2.45, 2.75) is 26.7 Å². The van der Waals surface area contributed by atoms with E-state index in [1.165, 1.54) is 0 Å². The molecule has 18 heavy (non-hydrogen) atoms. The van der Waals surface area contributed by atoms with Gasteiger partial charge in [-0.05, 0) is 20.3 Å². The summed E-state index contributed by atoms with van der Waals surface area (Å²) < 4.78 is 4.83. The van der Waals surface area contributed by atoms with Gasteiger partial charge in [0, 0.05) is 26.1 Å². The average Bonchev–Trinajstić information content (AvgIpc) is 2.31. The van der Waals surface area contributed by atoms with Crippen LogP contribution in [0, 0.1) is 0 Å². The van der Waals surface area contributed by atoms with E-state index in [9.17, 15) is 4.79 Å². The molecular weight excluding hydrogens is 345 g/mol. The molecule has 2 N–H and O–H groups in total. The van der Waals surface area contributed by atoms with Crippen LogP contribution in [-0.2, 0) is 9.53 Å². The summed E-state index contributed by atoms with van der Waals surface area (Å²) in [4.78, 5) is 15.4. The van der Waals surface area contributed by atoms with Gasteiger partial charge in [0.05, 0.1) is 6.61 Å². The molecule has 0 saturated carbocycles. The second kappa shape index (κ2) is 14.3. The molecule has 0 fully saturated rings. The van der Waals surface area contributed by atoms with E-state index < -0.39 is 0 Å². The van der Waals surface area contributed by atoms with Crippen molar-refractivity contribution in [3.05, 3.63) is 12.7 Å². The highest BCUT2D eigenvalue weighted by molar-refractivity contribution is 14.0. The number of hydrogen-bond donors (Lipinski definition) is 2. The van der Waals surface area contributed by atoms with Gasteiger partial charge in [0.15, 0.2) is 5.96 Å². The number of carbonyl (C=O) groups excluding carboxylic acids is 1. The summed E-state index contributed by atoms with van der Waals surface area (Å²) in [6.07, 6.45) is 2.88. The van der Waals surface area contributed by atoms with E-state index in [2.05, 4.69) is 22.2 Å². The van der Waals surface area contributed by atoms with Crippen molar-refractivity contribution < 1.29 is 9.53 Å². The van der Waals surface area contributed by atoms with Crippen LogP contribution in [0.25, 0.3) is 0 Å². The Morgan fingerprint density at radius 2 is 2.11 bits per heavy atom. The minimum Gasteiger partial charge on any atom is -0.466 e. The van der Waals surface area contributed by atoms with Crippen molar-refractivity contribution in [2.24, 2.45) is 4.99 Å². The van der Waals surface area contributed by atoms with Gasteiger partial charge in [0.2, 0.25) is 0 Å². The Morgan fingerprint density at radius 3 is 2.67 bits per heavy atom. The van der Waals surface area contributed by atoms with Crippen LogP contribution in [0.2, 0.25) is 0 Å². The van der Waals surface area contributed by atoms with Crippen LogP contribution < -0.4 is 10.6 Å². The van der Waals surface area contributed by atoms with Crippen molar-refractivity contribution in [2.75, 3.05) is 26.2 Å². The molecule has 6 heteroatoms. The lowest BCUT2D eigenvalue weighted by Crippen LogP contribution is -2.37. The largest absolute Gasteiger partial charge is 0.466 e. The van der Waals surface area contributed by atoms with Crippen LogP contribution in [0.4, 0.5) is 0 Å². The van der Waals surface area contributed by atoms with Crippen LogP contribution in [0.3, 0.4) is 0 Å². The number of nitrogens with one attached hydrogen (secondary N) is 2. The molecule has 0 amide bonds. The lowest BCUT2D eigenvalue weighted by atomic mass is 10.3. The molecule has 0 aliphatic rings. The zero-order valence-corrected chi connectivity index (χ0v) is 13.5. The van der Waals surface area contributed by atoms with E-state index in [4.69, 9.17) is 4.74 Å². The highest BCUT2D eigenvalue weighted by Crippen LogP contribution is 1.93. The number of halogens is 1. The van der Waals surface area contributed by atoms with E-state index in [0.29, 0.717) is 32.5 Å². The molecule has 0 unspecified atom stereocenters. The van der Waals surface area contributed by atoms with Gasteiger partial charge in [-0.3, -0.25) is 9.79 Å². The Labute approximate surface area is 126 Å². The van der Waals surface area contributed by atoms with Gasteiger partial charge in [-0.15, -0.1) is 30.6 Å². The first-order valence-electron chi connectivity index (χ1n) is 6.03. The van der Waals surface area contributed by atoms with E-state index in [0.717, 1.165) is 12.5 Å². The van der Waals surface area contributed by atoms with Gasteiger partial charge in [-0.25, -0.2) is 0 Å². The quantitative estimate of drug-likeness (QED) is 0.171. The minimum absolute atomic E-state index is 0. The first kappa shape index (κ1) is 19.5. The number of hydrogen-bond acceptors (Lipinski definition) is 3. The van der Waals surface area contributed by atoms with Crippen molar-refractivity contribution in [3.63, 3.8) is 0 Å². The molecule has 0 aromatic heterocycles. The van der Waals surface area contributed by atoms with Gasteiger partial charge in [-0.1, -0.05) is 6.08 Å². The molecule has 0 radical (unpaired) electrons. The molecule has 0 aliphatic heterocycles. The maximum Gasteiger partial charge on any atom is 0.305 e. The third kappa shape index (κ3) is 11.7. The summed E-state index contributed by atoms with van der Waals surface area (Å²) in [5.74, 6) is 0.586. The summed E-state index contributed by atoms with van der Waals surface area (Å²) >= 11 is 0. The molecule has 0 atom stereocenters. The second-order valence-electron chi connectivity index (χ2n) is 3.34. The molecular formula is C12H24IN3O2.